The Morgan fingerprint density at radius 3 is 2.57 bits per heavy atom. The maximum absolute atomic E-state index is 9.83. The van der Waals surface area contributed by atoms with E-state index in [1.54, 1.807) is 0 Å². The Balaban J connectivity index is 2.21. The van der Waals surface area contributed by atoms with Crippen molar-refractivity contribution in [1.82, 2.24) is 9.55 Å². The van der Waals surface area contributed by atoms with Crippen molar-refractivity contribution >= 4 is 11.0 Å². The molecule has 2 N–H and O–H groups in total. The summed E-state index contributed by atoms with van der Waals surface area (Å²) in [7, 11) is 0. The van der Waals surface area contributed by atoms with Gasteiger partial charge in [0.2, 0.25) is 0 Å². The molecule has 0 bridgehead atoms. The van der Waals surface area contributed by atoms with Crippen molar-refractivity contribution in [3.05, 3.63) is 54.1 Å². The van der Waals surface area contributed by atoms with E-state index < -0.39 is 6.10 Å². The summed E-state index contributed by atoms with van der Waals surface area (Å²) >= 11 is 0. The molecular weight excluding hydrogens is 264 g/mol. The highest BCUT2D eigenvalue weighted by Crippen LogP contribution is 2.27. The largest absolute Gasteiger partial charge is 0.394 e. The van der Waals surface area contributed by atoms with Gasteiger partial charge in [-0.05, 0) is 24.6 Å². The highest BCUT2D eigenvalue weighted by Gasteiger charge is 2.16. The van der Waals surface area contributed by atoms with E-state index in [1.807, 2.05) is 60.0 Å². The van der Waals surface area contributed by atoms with Crippen LogP contribution >= 0.6 is 0 Å². The van der Waals surface area contributed by atoms with Gasteiger partial charge in [-0.15, -0.1) is 0 Å². The zero-order valence-electron chi connectivity index (χ0n) is 11.9. The maximum Gasteiger partial charge on any atom is 0.141 e. The van der Waals surface area contributed by atoms with Crippen molar-refractivity contribution in [2.24, 2.45) is 0 Å². The lowest BCUT2D eigenvalue weighted by Crippen LogP contribution is -2.20. The van der Waals surface area contributed by atoms with E-state index in [1.165, 1.54) is 0 Å². The second-order valence-corrected chi connectivity index (χ2v) is 5.19. The predicted octanol–water partition coefficient (Wildman–Crippen LogP) is 2.36. The number of rotatable bonds is 4. The summed E-state index contributed by atoms with van der Waals surface area (Å²) in [4.78, 5) is 4.70. The Labute approximate surface area is 123 Å². The van der Waals surface area contributed by atoms with Gasteiger partial charge < -0.3 is 14.8 Å². The summed E-state index contributed by atoms with van der Waals surface area (Å²) in [5.41, 5.74) is 4.02. The van der Waals surface area contributed by atoms with E-state index in [0.29, 0.717) is 6.54 Å². The molecule has 0 unspecified atom stereocenters. The smallest absolute Gasteiger partial charge is 0.141 e. The van der Waals surface area contributed by atoms with E-state index in [2.05, 4.69) is 0 Å². The number of nitrogens with zero attached hydrogens (tertiary/aromatic N) is 2. The van der Waals surface area contributed by atoms with Crippen molar-refractivity contribution in [1.29, 1.82) is 0 Å². The summed E-state index contributed by atoms with van der Waals surface area (Å²) in [6, 6.07) is 15.9. The number of aromatic nitrogens is 2. The van der Waals surface area contributed by atoms with Gasteiger partial charge in [-0.25, -0.2) is 4.98 Å². The molecule has 0 saturated carbocycles. The third-order valence-corrected chi connectivity index (χ3v) is 3.64. The Hall–Kier alpha value is -2.17. The fourth-order valence-electron chi connectivity index (χ4n) is 2.56. The van der Waals surface area contributed by atoms with Crippen molar-refractivity contribution in [3.8, 4) is 11.4 Å². The maximum atomic E-state index is 9.83. The van der Waals surface area contributed by atoms with Gasteiger partial charge in [0.15, 0.2) is 0 Å². The molecule has 1 heterocycles. The van der Waals surface area contributed by atoms with Crippen molar-refractivity contribution in [2.45, 2.75) is 19.6 Å². The second-order valence-electron chi connectivity index (χ2n) is 5.19. The zero-order valence-corrected chi connectivity index (χ0v) is 11.9. The van der Waals surface area contributed by atoms with Crippen LogP contribution < -0.4 is 0 Å². The number of fused-ring (bicyclic) bond motifs is 1. The number of aliphatic hydroxyl groups is 2. The molecule has 108 valence electrons. The van der Waals surface area contributed by atoms with Gasteiger partial charge in [0.05, 0.1) is 30.3 Å². The first kappa shape index (κ1) is 13.8. The molecule has 2 aromatic carbocycles. The van der Waals surface area contributed by atoms with Gasteiger partial charge in [-0.1, -0.05) is 36.4 Å². The minimum atomic E-state index is -0.801. The van der Waals surface area contributed by atoms with Gasteiger partial charge in [0.25, 0.3) is 0 Å². The normalized spacial score (nSPS) is 12.7. The molecule has 3 rings (SSSR count). The lowest BCUT2D eigenvalue weighted by Gasteiger charge is -2.13. The zero-order chi connectivity index (χ0) is 14.8. The highest BCUT2D eigenvalue weighted by molar-refractivity contribution is 5.81. The number of aliphatic hydroxyl groups excluding tert-OH is 2. The number of hydrogen-bond donors (Lipinski definition) is 2. The Kier molecular flexibility index (Phi) is 3.73. The van der Waals surface area contributed by atoms with Gasteiger partial charge in [-0.2, -0.15) is 0 Å². The van der Waals surface area contributed by atoms with Crippen LogP contribution in [0.2, 0.25) is 0 Å². The lowest BCUT2D eigenvalue weighted by molar-refractivity contribution is 0.0824. The molecule has 21 heavy (non-hydrogen) atoms. The summed E-state index contributed by atoms with van der Waals surface area (Å²) < 4.78 is 1.97. The van der Waals surface area contributed by atoms with Gasteiger partial charge in [-0.3, -0.25) is 0 Å². The molecule has 0 spiro atoms. The molecule has 0 radical (unpaired) electrons. The number of para-hydroxylation sites is 2. The molecular formula is C17H18N2O2. The topological polar surface area (TPSA) is 58.3 Å². The van der Waals surface area contributed by atoms with Crippen molar-refractivity contribution in [3.63, 3.8) is 0 Å². The van der Waals surface area contributed by atoms with Crippen molar-refractivity contribution < 1.29 is 10.2 Å². The molecule has 0 saturated heterocycles. The van der Waals surface area contributed by atoms with Crippen LogP contribution in [0.5, 0.6) is 0 Å². The SMILES string of the molecule is Cc1ccccc1-c1nc2ccccc2n1C[C@H](O)CO. The van der Waals surface area contributed by atoms with Crippen LogP contribution in [-0.4, -0.2) is 32.5 Å². The van der Waals surface area contributed by atoms with Crippen LogP contribution in [-0.2, 0) is 6.54 Å². The molecule has 3 aromatic rings. The minimum absolute atomic E-state index is 0.264. The monoisotopic (exact) mass is 282 g/mol. The summed E-state index contributed by atoms with van der Waals surface area (Å²) in [5.74, 6) is 0.821. The molecule has 0 aliphatic heterocycles. The molecule has 0 amide bonds. The van der Waals surface area contributed by atoms with E-state index in [4.69, 9.17) is 10.1 Å². The first-order chi connectivity index (χ1) is 10.2. The average Bonchev–Trinajstić information content (AvgIpc) is 2.86. The van der Waals surface area contributed by atoms with Crippen LogP contribution in [0.15, 0.2) is 48.5 Å². The van der Waals surface area contributed by atoms with Crippen molar-refractivity contribution in [2.75, 3.05) is 6.61 Å². The van der Waals surface area contributed by atoms with E-state index in [0.717, 1.165) is 28.0 Å². The number of aryl methyl sites for hydroxylation is 1. The lowest BCUT2D eigenvalue weighted by atomic mass is 10.1. The standard InChI is InChI=1S/C17H18N2O2/c1-12-6-2-3-7-14(12)17-18-15-8-4-5-9-16(15)19(17)10-13(21)11-20/h2-9,13,20-21H,10-11H2,1H3/t13-/m0/s1. The molecule has 1 atom stereocenters. The Bertz CT molecular complexity index is 764. The number of hydrogen-bond acceptors (Lipinski definition) is 3. The number of imidazole rings is 1. The fourth-order valence-corrected chi connectivity index (χ4v) is 2.56. The third-order valence-electron chi connectivity index (χ3n) is 3.64. The van der Waals surface area contributed by atoms with E-state index in [9.17, 15) is 5.11 Å². The van der Waals surface area contributed by atoms with E-state index >= 15 is 0 Å². The van der Waals surface area contributed by atoms with Gasteiger partial charge in [0, 0.05) is 5.56 Å². The predicted molar refractivity (Wildman–Crippen MR) is 83.0 cm³/mol. The molecule has 4 heteroatoms. The second kappa shape index (κ2) is 5.68. The molecule has 1 aromatic heterocycles. The van der Waals surface area contributed by atoms with Gasteiger partial charge >= 0.3 is 0 Å². The van der Waals surface area contributed by atoms with Crippen LogP contribution in [0.3, 0.4) is 0 Å². The summed E-state index contributed by atoms with van der Waals surface area (Å²) in [6.07, 6.45) is -0.801. The van der Waals surface area contributed by atoms with Gasteiger partial charge in [0.1, 0.15) is 5.82 Å². The molecule has 4 nitrogen and oxygen atoms in total. The molecule has 0 aliphatic carbocycles. The average molecular weight is 282 g/mol. The van der Waals surface area contributed by atoms with Crippen LogP contribution in [0, 0.1) is 6.92 Å². The fraction of sp³-hybridized carbons (Fsp3) is 0.235. The Morgan fingerprint density at radius 1 is 1.10 bits per heavy atom. The minimum Gasteiger partial charge on any atom is -0.394 e. The van der Waals surface area contributed by atoms with Crippen LogP contribution in [0.4, 0.5) is 0 Å². The van der Waals surface area contributed by atoms with Crippen LogP contribution in [0.1, 0.15) is 5.56 Å². The first-order valence-corrected chi connectivity index (χ1v) is 7.01. The Morgan fingerprint density at radius 2 is 1.81 bits per heavy atom. The first-order valence-electron chi connectivity index (χ1n) is 7.01. The summed E-state index contributed by atoms with van der Waals surface area (Å²) in [6.45, 7) is 2.10. The quantitative estimate of drug-likeness (QED) is 0.772. The third kappa shape index (κ3) is 2.55. The van der Waals surface area contributed by atoms with Crippen LogP contribution in [0.25, 0.3) is 22.4 Å². The summed E-state index contributed by atoms with van der Waals surface area (Å²) in [5, 5.41) is 19.0. The highest BCUT2D eigenvalue weighted by atomic mass is 16.3. The molecule has 0 aliphatic rings. The van der Waals surface area contributed by atoms with E-state index in [-0.39, 0.29) is 6.61 Å². The number of benzene rings is 2. The molecule has 0 fully saturated rings.